The van der Waals surface area contributed by atoms with Crippen LogP contribution >= 0.6 is 0 Å². The summed E-state index contributed by atoms with van der Waals surface area (Å²) in [6.45, 7) is 0.577. The SMILES string of the molecule is Nc1nc(N)c(CCCOc2ccccc2)c(N)n1. The smallest absolute Gasteiger partial charge is 0.223 e. The normalized spacial score (nSPS) is 10.3. The second-order valence-electron chi connectivity index (χ2n) is 4.10. The van der Waals surface area contributed by atoms with Crippen LogP contribution in [0, 0.1) is 0 Å². The van der Waals surface area contributed by atoms with E-state index in [1.807, 2.05) is 30.3 Å². The Morgan fingerprint density at radius 1 is 0.947 bits per heavy atom. The Bertz CT molecular complexity index is 521. The highest BCUT2D eigenvalue weighted by Crippen LogP contribution is 2.18. The summed E-state index contributed by atoms with van der Waals surface area (Å²) in [4.78, 5) is 7.79. The van der Waals surface area contributed by atoms with Crippen molar-refractivity contribution in [3.05, 3.63) is 35.9 Å². The van der Waals surface area contributed by atoms with Gasteiger partial charge in [-0.15, -0.1) is 0 Å². The molecule has 2 aromatic rings. The average molecular weight is 259 g/mol. The lowest BCUT2D eigenvalue weighted by Crippen LogP contribution is -2.10. The maximum Gasteiger partial charge on any atom is 0.223 e. The lowest BCUT2D eigenvalue weighted by atomic mass is 10.1. The standard InChI is InChI=1S/C13H17N5O/c14-11-10(12(15)18-13(16)17-11)7-4-8-19-9-5-2-1-3-6-9/h1-3,5-6H,4,7-8H2,(H6,14,15,16,17,18). The van der Waals surface area contributed by atoms with Gasteiger partial charge in [0, 0.05) is 5.56 Å². The molecule has 0 unspecified atom stereocenters. The van der Waals surface area contributed by atoms with Gasteiger partial charge in [-0.3, -0.25) is 0 Å². The molecule has 0 saturated carbocycles. The van der Waals surface area contributed by atoms with E-state index in [0.29, 0.717) is 24.7 Å². The highest BCUT2D eigenvalue weighted by Gasteiger charge is 2.08. The number of benzene rings is 1. The molecule has 100 valence electrons. The molecule has 0 spiro atoms. The third-order valence-corrected chi connectivity index (χ3v) is 2.67. The number of nitrogens with two attached hydrogens (primary N) is 3. The van der Waals surface area contributed by atoms with E-state index in [2.05, 4.69) is 9.97 Å². The van der Waals surface area contributed by atoms with Gasteiger partial charge >= 0.3 is 0 Å². The fourth-order valence-corrected chi connectivity index (χ4v) is 1.75. The first kappa shape index (κ1) is 12.9. The first-order chi connectivity index (χ1) is 9.16. The Labute approximate surface area is 111 Å². The summed E-state index contributed by atoms with van der Waals surface area (Å²) < 4.78 is 5.58. The van der Waals surface area contributed by atoms with Gasteiger partial charge in [0.15, 0.2) is 0 Å². The zero-order valence-electron chi connectivity index (χ0n) is 10.5. The Morgan fingerprint density at radius 2 is 1.58 bits per heavy atom. The van der Waals surface area contributed by atoms with Crippen LogP contribution in [0.3, 0.4) is 0 Å². The monoisotopic (exact) mass is 259 g/mol. The van der Waals surface area contributed by atoms with E-state index >= 15 is 0 Å². The predicted molar refractivity (Wildman–Crippen MR) is 75.5 cm³/mol. The van der Waals surface area contributed by atoms with Crippen molar-refractivity contribution >= 4 is 17.6 Å². The van der Waals surface area contributed by atoms with E-state index in [1.54, 1.807) is 0 Å². The van der Waals surface area contributed by atoms with E-state index in [-0.39, 0.29) is 5.95 Å². The fourth-order valence-electron chi connectivity index (χ4n) is 1.75. The lowest BCUT2D eigenvalue weighted by molar-refractivity contribution is 0.311. The molecule has 0 atom stereocenters. The van der Waals surface area contributed by atoms with Crippen LogP contribution in [-0.2, 0) is 6.42 Å². The summed E-state index contributed by atoms with van der Waals surface area (Å²) in [7, 11) is 0. The van der Waals surface area contributed by atoms with E-state index in [4.69, 9.17) is 21.9 Å². The largest absolute Gasteiger partial charge is 0.494 e. The first-order valence-electron chi connectivity index (χ1n) is 6.02. The molecule has 2 rings (SSSR count). The van der Waals surface area contributed by atoms with E-state index in [1.165, 1.54) is 0 Å². The van der Waals surface area contributed by atoms with Gasteiger partial charge in [0.25, 0.3) is 0 Å². The van der Waals surface area contributed by atoms with E-state index in [0.717, 1.165) is 17.7 Å². The van der Waals surface area contributed by atoms with Crippen LogP contribution in [0.1, 0.15) is 12.0 Å². The second-order valence-corrected chi connectivity index (χ2v) is 4.10. The Hall–Kier alpha value is -2.50. The van der Waals surface area contributed by atoms with Crippen molar-refractivity contribution in [2.45, 2.75) is 12.8 Å². The van der Waals surface area contributed by atoms with Gasteiger partial charge in [-0.25, -0.2) is 0 Å². The number of hydrogen-bond donors (Lipinski definition) is 3. The Kier molecular flexibility index (Phi) is 4.02. The number of hydrogen-bond acceptors (Lipinski definition) is 6. The van der Waals surface area contributed by atoms with Crippen molar-refractivity contribution in [1.82, 2.24) is 9.97 Å². The van der Waals surface area contributed by atoms with Crippen LogP contribution in [0.5, 0.6) is 5.75 Å². The molecule has 0 fully saturated rings. The van der Waals surface area contributed by atoms with Gasteiger partial charge < -0.3 is 21.9 Å². The molecule has 0 amide bonds. The van der Waals surface area contributed by atoms with Crippen molar-refractivity contribution in [2.75, 3.05) is 23.8 Å². The van der Waals surface area contributed by atoms with Gasteiger partial charge in [-0.05, 0) is 25.0 Å². The van der Waals surface area contributed by atoms with Gasteiger partial charge in [0.2, 0.25) is 5.95 Å². The lowest BCUT2D eigenvalue weighted by Gasteiger charge is -2.09. The quantitative estimate of drug-likeness (QED) is 0.696. The molecule has 6 heteroatoms. The summed E-state index contributed by atoms with van der Waals surface area (Å²) in [6, 6.07) is 9.63. The van der Waals surface area contributed by atoms with Gasteiger partial charge in [-0.2, -0.15) is 9.97 Å². The summed E-state index contributed by atoms with van der Waals surface area (Å²) in [5.41, 5.74) is 17.7. The molecule has 1 heterocycles. The summed E-state index contributed by atoms with van der Waals surface area (Å²) in [6.07, 6.45) is 1.43. The van der Waals surface area contributed by atoms with Crippen molar-refractivity contribution in [3.63, 3.8) is 0 Å². The zero-order valence-corrected chi connectivity index (χ0v) is 10.5. The number of nitrogens with zero attached hydrogens (tertiary/aromatic N) is 2. The van der Waals surface area contributed by atoms with Gasteiger partial charge in [0.1, 0.15) is 17.4 Å². The van der Waals surface area contributed by atoms with Crippen LogP contribution in [0.4, 0.5) is 17.6 Å². The van der Waals surface area contributed by atoms with Crippen LogP contribution in [0.15, 0.2) is 30.3 Å². The molecule has 0 aliphatic heterocycles. The Balaban J connectivity index is 1.86. The minimum atomic E-state index is 0.0966. The van der Waals surface area contributed by atoms with E-state index in [9.17, 15) is 0 Å². The molecule has 19 heavy (non-hydrogen) atoms. The molecule has 0 aliphatic carbocycles. The molecule has 6 N–H and O–H groups in total. The number of nitrogen functional groups attached to an aromatic ring is 3. The molecule has 6 nitrogen and oxygen atoms in total. The van der Waals surface area contributed by atoms with Crippen molar-refractivity contribution in [3.8, 4) is 5.75 Å². The summed E-state index contributed by atoms with van der Waals surface area (Å²) >= 11 is 0. The molecule has 0 bridgehead atoms. The number of rotatable bonds is 5. The molecule has 1 aromatic heterocycles. The third-order valence-electron chi connectivity index (χ3n) is 2.67. The topological polar surface area (TPSA) is 113 Å². The zero-order chi connectivity index (χ0) is 13.7. The molecule has 0 saturated heterocycles. The van der Waals surface area contributed by atoms with Gasteiger partial charge in [-0.1, -0.05) is 18.2 Å². The van der Waals surface area contributed by atoms with Crippen LogP contribution < -0.4 is 21.9 Å². The number of para-hydroxylation sites is 1. The van der Waals surface area contributed by atoms with E-state index < -0.39 is 0 Å². The van der Waals surface area contributed by atoms with Crippen molar-refractivity contribution in [2.24, 2.45) is 0 Å². The molecule has 0 radical (unpaired) electrons. The minimum absolute atomic E-state index is 0.0966. The number of ether oxygens (including phenoxy) is 1. The van der Waals surface area contributed by atoms with Gasteiger partial charge in [0.05, 0.1) is 6.61 Å². The summed E-state index contributed by atoms with van der Waals surface area (Å²) in [5.74, 6) is 1.62. The highest BCUT2D eigenvalue weighted by molar-refractivity contribution is 5.55. The number of aromatic nitrogens is 2. The van der Waals surface area contributed by atoms with Crippen molar-refractivity contribution in [1.29, 1.82) is 0 Å². The molecule has 1 aromatic carbocycles. The van der Waals surface area contributed by atoms with Crippen LogP contribution in [-0.4, -0.2) is 16.6 Å². The average Bonchev–Trinajstić information content (AvgIpc) is 2.38. The summed E-state index contributed by atoms with van der Waals surface area (Å²) in [5, 5.41) is 0. The first-order valence-corrected chi connectivity index (χ1v) is 6.02. The van der Waals surface area contributed by atoms with Crippen LogP contribution in [0.25, 0.3) is 0 Å². The van der Waals surface area contributed by atoms with Crippen LogP contribution in [0.2, 0.25) is 0 Å². The maximum absolute atomic E-state index is 5.76. The molecular weight excluding hydrogens is 242 g/mol. The maximum atomic E-state index is 5.76. The predicted octanol–water partition coefficient (Wildman–Crippen LogP) is 1.23. The highest BCUT2D eigenvalue weighted by atomic mass is 16.5. The fraction of sp³-hybridized carbons (Fsp3) is 0.231. The second kappa shape index (κ2) is 5.90. The molecular formula is C13H17N5O. The Morgan fingerprint density at radius 3 is 2.21 bits per heavy atom. The number of anilines is 3. The van der Waals surface area contributed by atoms with Crippen molar-refractivity contribution < 1.29 is 4.74 Å². The molecule has 0 aliphatic rings. The third kappa shape index (κ3) is 3.48. The minimum Gasteiger partial charge on any atom is -0.494 e.